The molecule has 0 aliphatic heterocycles. The molecule has 1 heterocycles. The van der Waals surface area contributed by atoms with Crippen LogP contribution in [0.15, 0.2) is 60.7 Å². The number of ether oxygens (including phenoxy) is 1. The minimum atomic E-state index is -4.59. The van der Waals surface area contributed by atoms with Gasteiger partial charge >= 0.3 is 6.30 Å². The van der Waals surface area contributed by atoms with Crippen LogP contribution in [0.2, 0.25) is 0 Å². The Morgan fingerprint density at radius 3 is 2.13 bits per heavy atom. The molecule has 3 nitrogen and oxygen atoms in total. The van der Waals surface area contributed by atoms with Gasteiger partial charge in [0.25, 0.3) is 0 Å². The molecule has 2 aromatic carbocycles. The maximum absolute atomic E-state index is 13.3. The number of hydrogen-bond donors (Lipinski definition) is 0. The number of halogens is 3. The topological polar surface area (TPSA) is 27.1 Å². The standard InChI is InChI=1S/C17H13F3N2O/c1-23-14-9-7-12(8-10-14)15-11-16(13-5-3-2-4-6-13)22(21-15)17(18,19)20/h2-11H,1H3. The Balaban J connectivity index is 2.11. The Morgan fingerprint density at radius 1 is 0.913 bits per heavy atom. The van der Waals surface area contributed by atoms with Gasteiger partial charge in [0.2, 0.25) is 0 Å². The van der Waals surface area contributed by atoms with Gasteiger partial charge in [0, 0.05) is 11.1 Å². The Hall–Kier alpha value is -2.76. The molecule has 23 heavy (non-hydrogen) atoms. The van der Waals surface area contributed by atoms with Gasteiger partial charge in [-0.1, -0.05) is 30.3 Å². The van der Waals surface area contributed by atoms with E-state index >= 15 is 0 Å². The number of aromatic nitrogens is 2. The molecule has 0 fully saturated rings. The van der Waals surface area contributed by atoms with Crippen LogP contribution in [-0.2, 0) is 6.30 Å². The van der Waals surface area contributed by atoms with Crippen molar-refractivity contribution in [3.8, 4) is 28.3 Å². The van der Waals surface area contributed by atoms with Gasteiger partial charge in [-0.25, -0.2) is 0 Å². The lowest BCUT2D eigenvalue weighted by Gasteiger charge is -2.10. The van der Waals surface area contributed by atoms with E-state index in [0.29, 0.717) is 16.9 Å². The lowest BCUT2D eigenvalue weighted by Crippen LogP contribution is -2.19. The largest absolute Gasteiger partial charge is 0.505 e. The molecule has 0 aliphatic rings. The predicted octanol–water partition coefficient (Wildman–Crippen LogP) is 4.70. The SMILES string of the molecule is COc1ccc(-c2cc(-c3ccccc3)n(C(F)(F)F)n2)cc1. The van der Waals surface area contributed by atoms with Crippen molar-refractivity contribution in [2.45, 2.75) is 6.30 Å². The first-order chi connectivity index (χ1) is 11.0. The van der Waals surface area contributed by atoms with Crippen molar-refractivity contribution in [1.29, 1.82) is 0 Å². The average Bonchev–Trinajstić information content (AvgIpc) is 3.01. The zero-order chi connectivity index (χ0) is 16.4. The molecule has 0 amide bonds. The third-order valence-corrected chi connectivity index (χ3v) is 3.40. The molecule has 0 saturated heterocycles. The van der Waals surface area contributed by atoms with E-state index < -0.39 is 6.30 Å². The summed E-state index contributed by atoms with van der Waals surface area (Å²) in [5.41, 5.74) is 1.30. The van der Waals surface area contributed by atoms with Crippen LogP contribution in [0.5, 0.6) is 5.75 Å². The lowest BCUT2D eigenvalue weighted by atomic mass is 10.1. The highest BCUT2D eigenvalue weighted by Gasteiger charge is 2.35. The van der Waals surface area contributed by atoms with Gasteiger partial charge in [0.05, 0.1) is 18.5 Å². The minimum Gasteiger partial charge on any atom is -0.497 e. The first kappa shape index (κ1) is 15.1. The van der Waals surface area contributed by atoms with Crippen LogP contribution in [0.4, 0.5) is 13.2 Å². The van der Waals surface area contributed by atoms with Crippen molar-refractivity contribution < 1.29 is 17.9 Å². The first-order valence-electron chi connectivity index (χ1n) is 6.86. The molecule has 0 aliphatic carbocycles. The molecule has 3 aromatic rings. The normalized spacial score (nSPS) is 11.5. The second kappa shape index (κ2) is 5.79. The number of methoxy groups -OCH3 is 1. The van der Waals surface area contributed by atoms with Crippen LogP contribution in [0, 0.1) is 0 Å². The minimum absolute atomic E-state index is 0.00363. The second-order valence-corrected chi connectivity index (χ2v) is 4.89. The van der Waals surface area contributed by atoms with Crippen molar-refractivity contribution >= 4 is 0 Å². The Morgan fingerprint density at radius 2 is 1.57 bits per heavy atom. The molecule has 3 rings (SSSR count). The number of alkyl halides is 3. The zero-order valence-electron chi connectivity index (χ0n) is 12.2. The molecule has 0 radical (unpaired) electrons. The second-order valence-electron chi connectivity index (χ2n) is 4.89. The van der Waals surface area contributed by atoms with Gasteiger partial charge in [-0.05, 0) is 30.3 Å². The van der Waals surface area contributed by atoms with Crippen molar-refractivity contribution in [2.75, 3.05) is 7.11 Å². The Kier molecular flexibility index (Phi) is 3.82. The highest BCUT2D eigenvalue weighted by Crippen LogP contribution is 2.33. The van der Waals surface area contributed by atoms with Gasteiger partial charge in [0.15, 0.2) is 0 Å². The number of hydrogen-bond acceptors (Lipinski definition) is 2. The predicted molar refractivity (Wildman–Crippen MR) is 80.9 cm³/mol. The molecule has 6 heteroatoms. The molecule has 0 unspecified atom stereocenters. The fraction of sp³-hybridized carbons (Fsp3) is 0.118. The van der Waals surface area contributed by atoms with Crippen molar-refractivity contribution in [1.82, 2.24) is 9.78 Å². The maximum Gasteiger partial charge on any atom is 0.505 e. The summed E-state index contributed by atoms with van der Waals surface area (Å²) in [6, 6.07) is 16.5. The lowest BCUT2D eigenvalue weighted by molar-refractivity contribution is -0.210. The van der Waals surface area contributed by atoms with E-state index in [0.717, 1.165) is 0 Å². The van der Waals surface area contributed by atoms with Crippen molar-refractivity contribution in [2.24, 2.45) is 0 Å². The van der Waals surface area contributed by atoms with Crippen LogP contribution in [0.25, 0.3) is 22.5 Å². The maximum atomic E-state index is 13.3. The summed E-state index contributed by atoms with van der Waals surface area (Å²) in [6.45, 7) is 0. The van der Waals surface area contributed by atoms with E-state index in [1.807, 2.05) is 0 Å². The third-order valence-electron chi connectivity index (χ3n) is 3.40. The summed E-state index contributed by atoms with van der Waals surface area (Å²) >= 11 is 0. The summed E-state index contributed by atoms with van der Waals surface area (Å²) in [5, 5.41) is 3.73. The number of nitrogens with zero attached hydrogens (tertiary/aromatic N) is 2. The Labute approximate surface area is 130 Å². The zero-order valence-corrected chi connectivity index (χ0v) is 12.2. The summed E-state index contributed by atoms with van der Waals surface area (Å²) in [6.07, 6.45) is -4.59. The van der Waals surface area contributed by atoms with E-state index in [1.54, 1.807) is 54.6 Å². The van der Waals surface area contributed by atoms with Gasteiger partial charge < -0.3 is 4.74 Å². The fourth-order valence-corrected chi connectivity index (χ4v) is 2.29. The molecule has 1 aromatic heterocycles. The molecule has 118 valence electrons. The van der Waals surface area contributed by atoms with Crippen LogP contribution in [0.3, 0.4) is 0 Å². The average molecular weight is 318 g/mol. The van der Waals surface area contributed by atoms with Gasteiger partial charge in [-0.2, -0.15) is 9.78 Å². The fourth-order valence-electron chi connectivity index (χ4n) is 2.29. The van der Waals surface area contributed by atoms with Crippen LogP contribution < -0.4 is 4.74 Å². The van der Waals surface area contributed by atoms with Crippen molar-refractivity contribution in [3.05, 3.63) is 60.7 Å². The quantitative estimate of drug-likeness (QED) is 0.700. The molecular formula is C17H13F3N2O. The summed E-state index contributed by atoms with van der Waals surface area (Å²) in [5.74, 6) is 0.632. The highest BCUT2D eigenvalue weighted by molar-refractivity contribution is 5.69. The van der Waals surface area contributed by atoms with E-state index in [2.05, 4.69) is 5.10 Å². The van der Waals surface area contributed by atoms with Gasteiger partial charge in [-0.15, -0.1) is 13.2 Å². The number of benzene rings is 2. The molecule has 0 N–H and O–H groups in total. The van der Waals surface area contributed by atoms with E-state index in [-0.39, 0.29) is 16.1 Å². The number of rotatable bonds is 3. The van der Waals surface area contributed by atoms with E-state index in [1.165, 1.54) is 13.2 Å². The summed E-state index contributed by atoms with van der Waals surface area (Å²) in [4.78, 5) is 0. The van der Waals surface area contributed by atoms with Crippen LogP contribution in [-0.4, -0.2) is 16.9 Å². The Bertz CT molecular complexity index is 793. The monoisotopic (exact) mass is 318 g/mol. The van der Waals surface area contributed by atoms with E-state index in [9.17, 15) is 13.2 Å². The summed E-state index contributed by atoms with van der Waals surface area (Å²) < 4.78 is 44.9. The molecule has 0 saturated carbocycles. The van der Waals surface area contributed by atoms with Gasteiger partial charge in [-0.3, -0.25) is 0 Å². The molecular weight excluding hydrogens is 305 g/mol. The molecule has 0 atom stereocenters. The summed E-state index contributed by atoms with van der Waals surface area (Å²) in [7, 11) is 1.53. The smallest absolute Gasteiger partial charge is 0.497 e. The molecule has 0 spiro atoms. The highest BCUT2D eigenvalue weighted by atomic mass is 19.4. The van der Waals surface area contributed by atoms with Crippen LogP contribution >= 0.6 is 0 Å². The first-order valence-corrected chi connectivity index (χ1v) is 6.86. The molecule has 0 bridgehead atoms. The van der Waals surface area contributed by atoms with Crippen molar-refractivity contribution in [3.63, 3.8) is 0 Å². The van der Waals surface area contributed by atoms with Crippen LogP contribution in [0.1, 0.15) is 0 Å². The van der Waals surface area contributed by atoms with E-state index in [4.69, 9.17) is 4.74 Å². The van der Waals surface area contributed by atoms with Gasteiger partial charge in [0.1, 0.15) is 5.75 Å². The third kappa shape index (κ3) is 3.06.